The molecule has 1 saturated heterocycles. The van der Waals surface area contributed by atoms with Crippen molar-refractivity contribution in [3.63, 3.8) is 0 Å². The summed E-state index contributed by atoms with van der Waals surface area (Å²) in [6.07, 6.45) is 3.43. The van der Waals surface area contributed by atoms with Crippen molar-refractivity contribution < 1.29 is 14.3 Å². The van der Waals surface area contributed by atoms with Gasteiger partial charge < -0.3 is 19.3 Å². The Morgan fingerprint density at radius 1 is 1.12 bits per heavy atom. The molecule has 0 N–H and O–H groups in total. The maximum Gasteiger partial charge on any atom is 0.254 e. The second kappa shape index (κ2) is 8.09. The van der Waals surface area contributed by atoms with Crippen LogP contribution in [0.25, 0.3) is 0 Å². The van der Waals surface area contributed by atoms with E-state index in [9.17, 15) is 4.79 Å². The molecule has 2 heterocycles. The molecule has 2 aromatic rings. The zero-order valence-corrected chi connectivity index (χ0v) is 16.7. The number of amides is 1. The van der Waals surface area contributed by atoms with Crippen LogP contribution in [0.1, 0.15) is 10.4 Å². The molecule has 0 unspecified atom stereocenters. The Morgan fingerprint density at radius 3 is 2.35 bits per heavy atom. The van der Waals surface area contributed by atoms with Crippen LogP contribution >= 0.6 is 27.5 Å². The molecule has 7 nitrogen and oxygen atoms in total. The average Bonchev–Trinajstić information content (AvgIpc) is 2.67. The number of benzene rings is 1. The van der Waals surface area contributed by atoms with Gasteiger partial charge in [0.1, 0.15) is 0 Å². The van der Waals surface area contributed by atoms with Crippen molar-refractivity contribution in [1.82, 2.24) is 14.9 Å². The molecule has 1 aliphatic heterocycles. The second-order valence-corrected chi connectivity index (χ2v) is 7.00. The monoisotopic (exact) mass is 440 g/mol. The molecular weight excluding hydrogens is 424 g/mol. The summed E-state index contributed by atoms with van der Waals surface area (Å²) in [6.45, 7) is 2.47. The van der Waals surface area contributed by atoms with Crippen LogP contribution in [0.5, 0.6) is 11.5 Å². The van der Waals surface area contributed by atoms with Crippen LogP contribution in [0, 0.1) is 0 Å². The van der Waals surface area contributed by atoms with Gasteiger partial charge >= 0.3 is 0 Å². The largest absolute Gasteiger partial charge is 0.493 e. The molecule has 1 amide bonds. The molecule has 26 heavy (non-hydrogen) atoms. The molecular formula is C17H18BrClN4O3. The van der Waals surface area contributed by atoms with E-state index in [1.807, 2.05) is 0 Å². The highest BCUT2D eigenvalue weighted by Gasteiger charge is 2.25. The van der Waals surface area contributed by atoms with Gasteiger partial charge in [0.25, 0.3) is 5.91 Å². The summed E-state index contributed by atoms with van der Waals surface area (Å²) in [6, 6.07) is 3.26. The van der Waals surface area contributed by atoms with E-state index < -0.39 is 0 Å². The number of piperazine rings is 1. The Morgan fingerprint density at radius 2 is 1.77 bits per heavy atom. The smallest absolute Gasteiger partial charge is 0.254 e. The topological polar surface area (TPSA) is 67.8 Å². The molecule has 3 rings (SSSR count). The highest BCUT2D eigenvalue weighted by Crippen LogP contribution is 2.36. The maximum atomic E-state index is 12.8. The van der Waals surface area contributed by atoms with Crippen LogP contribution in [0.3, 0.4) is 0 Å². The van der Waals surface area contributed by atoms with Crippen molar-refractivity contribution in [3.05, 3.63) is 39.6 Å². The van der Waals surface area contributed by atoms with E-state index in [-0.39, 0.29) is 5.91 Å². The number of methoxy groups -OCH3 is 2. The van der Waals surface area contributed by atoms with Crippen molar-refractivity contribution in [2.75, 3.05) is 45.3 Å². The fourth-order valence-corrected chi connectivity index (χ4v) is 3.29. The summed E-state index contributed by atoms with van der Waals surface area (Å²) < 4.78 is 11.3. The van der Waals surface area contributed by atoms with Crippen LogP contribution < -0.4 is 14.4 Å². The zero-order chi connectivity index (χ0) is 18.7. The molecule has 0 radical (unpaired) electrons. The normalized spacial score (nSPS) is 14.3. The lowest BCUT2D eigenvalue weighted by Gasteiger charge is -2.34. The lowest BCUT2D eigenvalue weighted by atomic mass is 10.1. The first-order valence-electron chi connectivity index (χ1n) is 7.96. The molecule has 9 heteroatoms. The van der Waals surface area contributed by atoms with Crippen LogP contribution in [0.4, 0.5) is 5.95 Å². The number of aromatic nitrogens is 2. The van der Waals surface area contributed by atoms with Gasteiger partial charge in [0.15, 0.2) is 11.5 Å². The van der Waals surface area contributed by atoms with E-state index in [2.05, 4.69) is 30.8 Å². The van der Waals surface area contributed by atoms with E-state index in [0.29, 0.717) is 54.2 Å². The Hall–Kier alpha value is -2.06. The number of hydrogen-bond acceptors (Lipinski definition) is 6. The first kappa shape index (κ1) is 18.7. The SMILES string of the molecule is COc1cc(C(=O)N2CCN(c3ncc(Br)cn3)CC2)cc(Cl)c1OC. The fourth-order valence-electron chi connectivity index (χ4n) is 2.80. The van der Waals surface area contributed by atoms with Gasteiger partial charge in [-0.3, -0.25) is 4.79 Å². The number of nitrogens with zero attached hydrogens (tertiary/aromatic N) is 4. The minimum Gasteiger partial charge on any atom is -0.493 e. The Balaban J connectivity index is 1.70. The Bertz CT molecular complexity index is 795. The van der Waals surface area contributed by atoms with Crippen LogP contribution in [-0.2, 0) is 0 Å². The zero-order valence-electron chi connectivity index (χ0n) is 14.4. The van der Waals surface area contributed by atoms with Crippen molar-refractivity contribution in [2.45, 2.75) is 0 Å². The molecule has 1 aliphatic rings. The molecule has 0 aliphatic carbocycles. The van der Waals surface area contributed by atoms with Gasteiger partial charge in [-0.2, -0.15) is 0 Å². The van der Waals surface area contributed by atoms with E-state index in [4.69, 9.17) is 21.1 Å². The molecule has 1 fully saturated rings. The van der Waals surface area contributed by atoms with Crippen LogP contribution in [0.15, 0.2) is 29.0 Å². The van der Waals surface area contributed by atoms with Gasteiger partial charge in [-0.15, -0.1) is 0 Å². The lowest BCUT2D eigenvalue weighted by Crippen LogP contribution is -2.49. The highest BCUT2D eigenvalue weighted by atomic mass is 79.9. The Labute approximate surface area is 165 Å². The van der Waals surface area contributed by atoms with Crippen molar-refractivity contribution in [2.24, 2.45) is 0 Å². The van der Waals surface area contributed by atoms with Gasteiger partial charge in [-0.1, -0.05) is 11.6 Å². The number of halogens is 2. The molecule has 138 valence electrons. The highest BCUT2D eigenvalue weighted by molar-refractivity contribution is 9.10. The van der Waals surface area contributed by atoms with Crippen molar-refractivity contribution in [3.8, 4) is 11.5 Å². The third kappa shape index (κ3) is 3.86. The van der Waals surface area contributed by atoms with Gasteiger partial charge in [0, 0.05) is 44.1 Å². The fraction of sp³-hybridized carbons (Fsp3) is 0.353. The summed E-state index contributed by atoms with van der Waals surface area (Å²) in [7, 11) is 3.02. The van der Waals surface area contributed by atoms with Gasteiger partial charge in [-0.05, 0) is 28.1 Å². The van der Waals surface area contributed by atoms with Crippen LogP contribution in [-0.4, -0.2) is 61.2 Å². The molecule has 1 aromatic heterocycles. The summed E-state index contributed by atoms with van der Waals surface area (Å²) in [4.78, 5) is 25.3. The minimum absolute atomic E-state index is 0.0933. The number of ether oxygens (including phenoxy) is 2. The summed E-state index contributed by atoms with van der Waals surface area (Å²) in [5, 5.41) is 0.345. The molecule has 0 saturated carbocycles. The number of rotatable bonds is 4. The standard InChI is InChI=1S/C17H18BrClN4O3/c1-25-14-8-11(7-13(19)15(14)26-2)16(24)22-3-5-23(6-4-22)17-20-9-12(18)10-21-17/h7-10H,3-6H2,1-2H3. The van der Waals surface area contributed by atoms with E-state index in [1.165, 1.54) is 14.2 Å². The lowest BCUT2D eigenvalue weighted by molar-refractivity contribution is 0.0746. The summed E-state index contributed by atoms with van der Waals surface area (Å²) in [5.74, 6) is 1.42. The Kier molecular flexibility index (Phi) is 5.83. The molecule has 1 aromatic carbocycles. The first-order chi connectivity index (χ1) is 12.5. The van der Waals surface area contributed by atoms with E-state index in [0.717, 1.165) is 4.47 Å². The predicted octanol–water partition coefficient (Wildman–Crippen LogP) is 2.87. The first-order valence-corrected chi connectivity index (χ1v) is 9.14. The van der Waals surface area contributed by atoms with E-state index in [1.54, 1.807) is 29.4 Å². The second-order valence-electron chi connectivity index (χ2n) is 5.67. The number of carbonyl (C=O) groups is 1. The molecule has 0 atom stereocenters. The van der Waals surface area contributed by atoms with E-state index >= 15 is 0 Å². The third-order valence-corrected chi connectivity index (χ3v) is 4.83. The minimum atomic E-state index is -0.0933. The van der Waals surface area contributed by atoms with Gasteiger partial charge in [0.2, 0.25) is 5.95 Å². The average molecular weight is 442 g/mol. The third-order valence-electron chi connectivity index (χ3n) is 4.14. The number of carbonyl (C=O) groups excluding carboxylic acids is 1. The molecule has 0 spiro atoms. The maximum absolute atomic E-state index is 12.8. The van der Waals surface area contributed by atoms with Gasteiger partial charge in [-0.25, -0.2) is 9.97 Å². The van der Waals surface area contributed by atoms with Crippen molar-refractivity contribution >= 4 is 39.4 Å². The quantitative estimate of drug-likeness (QED) is 0.727. The van der Waals surface area contributed by atoms with Crippen molar-refractivity contribution in [1.29, 1.82) is 0 Å². The summed E-state index contributed by atoms with van der Waals surface area (Å²) in [5.41, 5.74) is 0.473. The van der Waals surface area contributed by atoms with Crippen LogP contribution in [0.2, 0.25) is 5.02 Å². The van der Waals surface area contributed by atoms with Gasteiger partial charge in [0.05, 0.1) is 23.7 Å². The number of hydrogen-bond donors (Lipinski definition) is 0. The molecule has 0 bridgehead atoms. The number of anilines is 1. The predicted molar refractivity (Wildman–Crippen MR) is 102 cm³/mol. The summed E-state index contributed by atoms with van der Waals surface area (Å²) >= 11 is 9.53.